The molecule has 0 bridgehead atoms. The molecule has 1 aliphatic heterocycles. The summed E-state index contributed by atoms with van der Waals surface area (Å²) in [6.07, 6.45) is 70.8. The van der Waals surface area contributed by atoms with Crippen LogP contribution in [0.15, 0.2) is 72.9 Å². The van der Waals surface area contributed by atoms with Gasteiger partial charge in [-0.05, 0) is 96.3 Å². The van der Waals surface area contributed by atoms with Crippen LogP contribution in [0.4, 0.5) is 0 Å². The number of allylic oxidation sites excluding steroid dienone is 11. The van der Waals surface area contributed by atoms with Crippen LogP contribution in [0.25, 0.3) is 0 Å². The molecule has 0 aromatic carbocycles. The van der Waals surface area contributed by atoms with Crippen LogP contribution < -0.4 is 5.32 Å². The number of carbonyl (C=O) groups excluding carboxylic acids is 2. The van der Waals surface area contributed by atoms with Gasteiger partial charge in [-0.3, -0.25) is 9.59 Å². The largest absolute Gasteiger partial charge is 0.454 e. The van der Waals surface area contributed by atoms with E-state index in [1.807, 2.05) is 6.08 Å². The van der Waals surface area contributed by atoms with E-state index in [0.717, 1.165) is 83.5 Å². The molecular weight excluding hydrogens is 1070 g/mol. The second kappa shape index (κ2) is 62.3. The molecule has 1 aliphatic rings. The maximum Gasteiger partial charge on any atom is 0.306 e. The zero-order valence-electron chi connectivity index (χ0n) is 55.7. The summed E-state index contributed by atoms with van der Waals surface area (Å²) in [5, 5.41) is 57.2. The maximum atomic E-state index is 13.5. The van der Waals surface area contributed by atoms with Crippen LogP contribution in [0.3, 0.4) is 0 Å². The predicted octanol–water partition coefficient (Wildman–Crippen LogP) is 18.7. The summed E-state index contributed by atoms with van der Waals surface area (Å²) in [7, 11) is 0. The molecule has 8 atom stereocenters. The summed E-state index contributed by atoms with van der Waals surface area (Å²) in [4.78, 5) is 26.7. The third-order valence-corrected chi connectivity index (χ3v) is 16.8. The first-order valence-electron chi connectivity index (χ1n) is 36.2. The highest BCUT2D eigenvalue weighted by molar-refractivity contribution is 5.80. The van der Waals surface area contributed by atoms with E-state index in [-0.39, 0.29) is 19.4 Å². The maximum absolute atomic E-state index is 13.5. The van der Waals surface area contributed by atoms with E-state index < -0.39 is 67.4 Å². The molecule has 1 heterocycles. The molecule has 6 N–H and O–H groups in total. The number of aliphatic hydroxyl groups excluding tert-OH is 5. The number of unbranched alkanes of at least 4 members (excludes halogenated alkanes) is 38. The second-order valence-corrected chi connectivity index (χ2v) is 25.0. The van der Waals surface area contributed by atoms with Crippen LogP contribution in [0.1, 0.15) is 329 Å². The summed E-state index contributed by atoms with van der Waals surface area (Å²) in [6.45, 7) is 5.77. The van der Waals surface area contributed by atoms with E-state index in [2.05, 4.69) is 86.8 Å². The fourth-order valence-corrected chi connectivity index (χ4v) is 11.1. The fourth-order valence-electron chi connectivity index (χ4n) is 11.1. The number of aliphatic hydroxyl groups is 5. The highest BCUT2D eigenvalue weighted by Crippen LogP contribution is 2.26. The summed E-state index contributed by atoms with van der Waals surface area (Å²) in [5.74, 6) is -1.19. The van der Waals surface area contributed by atoms with Crippen molar-refractivity contribution in [3.05, 3.63) is 72.9 Å². The van der Waals surface area contributed by atoms with Crippen LogP contribution in [-0.2, 0) is 23.8 Å². The van der Waals surface area contributed by atoms with E-state index in [4.69, 9.17) is 14.2 Å². The van der Waals surface area contributed by atoms with Gasteiger partial charge in [0.15, 0.2) is 12.4 Å². The van der Waals surface area contributed by atoms with E-state index in [1.54, 1.807) is 6.08 Å². The quantitative estimate of drug-likeness (QED) is 0.0195. The van der Waals surface area contributed by atoms with Gasteiger partial charge in [0.05, 0.1) is 25.4 Å². The minimum absolute atomic E-state index is 0.121. The van der Waals surface area contributed by atoms with Gasteiger partial charge in [0.2, 0.25) is 5.91 Å². The minimum atomic E-state index is -1.62. The summed E-state index contributed by atoms with van der Waals surface area (Å²) >= 11 is 0. The van der Waals surface area contributed by atoms with E-state index in [0.29, 0.717) is 12.8 Å². The van der Waals surface area contributed by atoms with Gasteiger partial charge in [0.25, 0.3) is 0 Å². The number of esters is 1. The Morgan fingerprint density at radius 2 is 0.802 bits per heavy atom. The summed E-state index contributed by atoms with van der Waals surface area (Å²) in [5.41, 5.74) is 0. The summed E-state index contributed by atoms with van der Waals surface area (Å²) in [6, 6.07) is -1.03. The molecule has 8 unspecified atom stereocenters. The Morgan fingerprint density at radius 1 is 0.453 bits per heavy atom. The first kappa shape index (κ1) is 81.1. The van der Waals surface area contributed by atoms with Crippen molar-refractivity contribution in [2.45, 2.75) is 378 Å². The molecule has 1 fully saturated rings. The van der Waals surface area contributed by atoms with E-state index in [9.17, 15) is 35.1 Å². The average Bonchev–Trinajstić information content (AvgIpc) is 2.65. The van der Waals surface area contributed by atoms with Gasteiger partial charge in [-0.2, -0.15) is 0 Å². The van der Waals surface area contributed by atoms with Crippen molar-refractivity contribution in [2.24, 2.45) is 0 Å². The third kappa shape index (κ3) is 49.0. The van der Waals surface area contributed by atoms with Crippen molar-refractivity contribution in [2.75, 3.05) is 13.2 Å². The van der Waals surface area contributed by atoms with Crippen molar-refractivity contribution in [1.29, 1.82) is 0 Å². The Kier molecular flexibility index (Phi) is 58.8. The molecule has 0 aromatic heterocycles. The van der Waals surface area contributed by atoms with Crippen molar-refractivity contribution < 1.29 is 49.3 Å². The lowest BCUT2D eigenvalue weighted by Gasteiger charge is -2.41. The lowest BCUT2D eigenvalue weighted by Crippen LogP contribution is -2.61. The number of hydrogen-bond donors (Lipinski definition) is 6. The summed E-state index contributed by atoms with van der Waals surface area (Å²) < 4.78 is 17.7. The number of ether oxygens (including phenoxy) is 3. The molecule has 500 valence electrons. The molecule has 0 aliphatic carbocycles. The standard InChI is InChI=1S/C75H135NO10/c1-4-7-10-13-16-19-22-25-27-29-31-32-33-34-35-36-37-38-39-41-43-45-48-51-54-57-60-63-70(80)86-73-72(82)71(81)69(64-77)85-75(73)84-65-66(67(78)61-58-55-52-49-46-24-21-18-15-12-9-6-3)76-74(83)68(79)62-59-56-53-50-47-44-42-40-30-28-26-23-20-17-14-11-8-5-2/h16-17,19-20,25-28,31-32,58,61,66-69,71-73,75,77-79,81-82H,4-15,18,21-24,29-30,33-57,59-60,62-65H2,1-3H3,(H,76,83)/b19-16-,20-17-,27-25-,28-26-,32-31-,61-58+. The van der Waals surface area contributed by atoms with Crippen molar-refractivity contribution in [3.8, 4) is 0 Å². The molecule has 1 saturated heterocycles. The van der Waals surface area contributed by atoms with Gasteiger partial charge in [-0.25, -0.2) is 0 Å². The fraction of sp³-hybridized carbons (Fsp3) is 0.813. The zero-order valence-corrected chi connectivity index (χ0v) is 55.7. The Balaban J connectivity index is 2.54. The van der Waals surface area contributed by atoms with Crippen LogP contribution in [0.5, 0.6) is 0 Å². The predicted molar refractivity (Wildman–Crippen MR) is 361 cm³/mol. The molecule has 0 radical (unpaired) electrons. The topological polar surface area (TPSA) is 175 Å². The smallest absolute Gasteiger partial charge is 0.306 e. The monoisotopic (exact) mass is 1210 g/mol. The lowest BCUT2D eigenvalue weighted by molar-refractivity contribution is -0.305. The molecular formula is C75H135NO10. The Morgan fingerprint density at radius 3 is 1.22 bits per heavy atom. The first-order chi connectivity index (χ1) is 42.2. The molecule has 86 heavy (non-hydrogen) atoms. The molecule has 11 nitrogen and oxygen atoms in total. The van der Waals surface area contributed by atoms with Crippen LogP contribution in [0, 0.1) is 0 Å². The van der Waals surface area contributed by atoms with Gasteiger partial charge in [-0.1, -0.05) is 299 Å². The van der Waals surface area contributed by atoms with Gasteiger partial charge in [-0.15, -0.1) is 0 Å². The molecule has 0 aromatic rings. The number of hydrogen-bond acceptors (Lipinski definition) is 10. The second-order valence-electron chi connectivity index (χ2n) is 25.0. The Hall–Kier alpha value is -2.90. The SMILES string of the molecule is CCCCC/C=C\C/C=C\C/C=C\CCCCCCCCCCCCCCCCC(=O)OC1C(OCC(NC(=O)C(O)CCCCCCCCCC/C=C\C/C=C\CCCCC)C(O)/C=C/CCCCCCCCCCCC)OC(CO)C(O)C1O. The number of amides is 1. The lowest BCUT2D eigenvalue weighted by atomic mass is 9.99. The van der Waals surface area contributed by atoms with Crippen LogP contribution in [0.2, 0.25) is 0 Å². The highest BCUT2D eigenvalue weighted by atomic mass is 16.7. The number of nitrogens with one attached hydrogen (secondary N) is 1. The molecule has 1 amide bonds. The minimum Gasteiger partial charge on any atom is -0.454 e. The molecule has 0 spiro atoms. The van der Waals surface area contributed by atoms with Gasteiger partial charge in [0.1, 0.15) is 24.4 Å². The molecule has 0 saturated carbocycles. The molecule has 1 rings (SSSR count). The average molecular weight is 1210 g/mol. The van der Waals surface area contributed by atoms with Gasteiger partial charge < -0.3 is 45.1 Å². The van der Waals surface area contributed by atoms with E-state index >= 15 is 0 Å². The van der Waals surface area contributed by atoms with E-state index in [1.165, 1.54) is 199 Å². The van der Waals surface area contributed by atoms with Crippen molar-refractivity contribution >= 4 is 11.9 Å². The zero-order chi connectivity index (χ0) is 62.4. The normalized spacial score (nSPS) is 18.7. The van der Waals surface area contributed by atoms with Gasteiger partial charge >= 0.3 is 5.97 Å². The van der Waals surface area contributed by atoms with Crippen LogP contribution >= 0.6 is 0 Å². The number of rotatable bonds is 62. The third-order valence-electron chi connectivity index (χ3n) is 16.8. The van der Waals surface area contributed by atoms with Crippen LogP contribution in [-0.4, -0.2) is 99.6 Å². The first-order valence-corrected chi connectivity index (χ1v) is 36.2. The number of carbonyl (C=O) groups is 2. The van der Waals surface area contributed by atoms with Crippen molar-refractivity contribution in [1.82, 2.24) is 5.32 Å². The highest BCUT2D eigenvalue weighted by Gasteiger charge is 2.47. The van der Waals surface area contributed by atoms with Gasteiger partial charge in [0, 0.05) is 6.42 Å². The van der Waals surface area contributed by atoms with Crippen molar-refractivity contribution in [3.63, 3.8) is 0 Å². The Bertz CT molecular complexity index is 1680. The Labute approximate surface area is 528 Å². The molecule has 11 heteroatoms.